The monoisotopic (exact) mass is 459 g/mol. The fraction of sp³-hybridized carbons (Fsp3) is 0.900. The van der Waals surface area contributed by atoms with Crippen molar-refractivity contribution in [3.63, 3.8) is 0 Å². The summed E-state index contributed by atoms with van der Waals surface area (Å²) in [7, 11) is -3.65. The van der Waals surface area contributed by atoms with E-state index in [0.717, 1.165) is 26.1 Å². The molecule has 3 heterocycles. The molecule has 0 spiro atoms. The maximum atomic E-state index is 13.1. The summed E-state index contributed by atoms with van der Waals surface area (Å²) in [5.41, 5.74) is 0. The first-order chi connectivity index (χ1) is 14.9. The second-order valence-electron chi connectivity index (χ2n) is 8.48. The predicted molar refractivity (Wildman–Crippen MR) is 117 cm³/mol. The molecule has 3 rings (SSSR count). The van der Waals surface area contributed by atoms with Crippen molar-refractivity contribution in [2.45, 2.75) is 39.0 Å². The van der Waals surface area contributed by atoms with Crippen LogP contribution in [0.4, 0.5) is 4.79 Å². The van der Waals surface area contributed by atoms with Crippen LogP contribution in [0.2, 0.25) is 0 Å². The van der Waals surface area contributed by atoms with Crippen LogP contribution in [0.3, 0.4) is 0 Å². The number of piperazine rings is 1. The van der Waals surface area contributed by atoms with E-state index in [1.165, 1.54) is 26.4 Å². The molecular formula is C20H37N5O5S. The first-order valence-electron chi connectivity index (χ1n) is 11.6. The molecule has 0 radical (unpaired) electrons. The number of nitrogens with one attached hydrogen (secondary N) is 1. The average Bonchev–Trinajstić information content (AvgIpc) is 3.30. The van der Waals surface area contributed by atoms with E-state index < -0.39 is 16.3 Å². The number of ether oxygens (including phenoxy) is 1. The minimum absolute atomic E-state index is 0.0477. The lowest BCUT2D eigenvalue weighted by atomic mass is 9.99. The van der Waals surface area contributed by atoms with Gasteiger partial charge in [-0.1, -0.05) is 0 Å². The number of rotatable bonds is 8. The molecule has 3 saturated heterocycles. The van der Waals surface area contributed by atoms with E-state index in [2.05, 4.69) is 10.2 Å². The minimum atomic E-state index is -3.65. The molecule has 0 aromatic rings. The molecule has 2 amide bonds. The summed E-state index contributed by atoms with van der Waals surface area (Å²) in [6, 6.07) is 0. The number of piperidine rings is 1. The van der Waals surface area contributed by atoms with E-state index in [4.69, 9.17) is 4.74 Å². The number of carbonyl (C=O) groups excluding carboxylic acids is 2. The zero-order chi connectivity index (χ0) is 22.3. The van der Waals surface area contributed by atoms with E-state index in [9.17, 15) is 18.0 Å². The molecule has 3 aliphatic heterocycles. The van der Waals surface area contributed by atoms with Crippen molar-refractivity contribution in [2.24, 2.45) is 5.92 Å². The predicted octanol–water partition coefficient (Wildman–Crippen LogP) is 0.319. The Morgan fingerprint density at radius 2 is 1.68 bits per heavy atom. The van der Waals surface area contributed by atoms with Crippen molar-refractivity contribution in [1.29, 1.82) is 0 Å². The Bertz CT molecular complexity index is 705. The Balaban J connectivity index is 1.44. The second-order valence-corrected chi connectivity index (χ2v) is 10.4. The smallest absolute Gasteiger partial charge is 0.409 e. The summed E-state index contributed by atoms with van der Waals surface area (Å²) in [6.45, 7) is 7.74. The average molecular weight is 460 g/mol. The first-order valence-corrected chi connectivity index (χ1v) is 13.0. The molecule has 178 valence electrons. The van der Waals surface area contributed by atoms with Crippen LogP contribution in [0.1, 0.15) is 39.0 Å². The maximum absolute atomic E-state index is 13.1. The Morgan fingerprint density at radius 3 is 2.35 bits per heavy atom. The molecule has 1 N–H and O–H groups in total. The Kier molecular flexibility index (Phi) is 8.94. The Morgan fingerprint density at radius 1 is 0.968 bits per heavy atom. The Labute approximate surface area is 186 Å². The van der Waals surface area contributed by atoms with Gasteiger partial charge in [-0.3, -0.25) is 4.79 Å². The highest BCUT2D eigenvalue weighted by atomic mass is 32.2. The number of nitrogens with zero attached hydrogens (tertiary/aromatic N) is 4. The van der Waals surface area contributed by atoms with E-state index in [1.54, 1.807) is 6.92 Å². The van der Waals surface area contributed by atoms with Crippen LogP contribution in [-0.2, 0) is 19.7 Å². The molecule has 0 aromatic carbocycles. The fourth-order valence-electron chi connectivity index (χ4n) is 4.51. The van der Waals surface area contributed by atoms with Gasteiger partial charge in [0, 0.05) is 45.8 Å². The lowest BCUT2D eigenvalue weighted by Gasteiger charge is -2.38. The van der Waals surface area contributed by atoms with E-state index in [1.807, 2.05) is 0 Å². The zero-order valence-corrected chi connectivity index (χ0v) is 19.4. The van der Waals surface area contributed by atoms with E-state index >= 15 is 0 Å². The van der Waals surface area contributed by atoms with Gasteiger partial charge in [0.05, 0.1) is 12.5 Å². The normalized spacial score (nSPS) is 24.3. The summed E-state index contributed by atoms with van der Waals surface area (Å²) in [4.78, 5) is 28.4. The highest BCUT2D eigenvalue weighted by Crippen LogP contribution is 2.22. The molecule has 0 saturated carbocycles. The third-order valence-corrected chi connectivity index (χ3v) is 8.32. The summed E-state index contributed by atoms with van der Waals surface area (Å²) < 4.78 is 34.0. The third-order valence-electron chi connectivity index (χ3n) is 6.32. The molecule has 0 unspecified atom stereocenters. The molecule has 10 nitrogen and oxygen atoms in total. The summed E-state index contributed by atoms with van der Waals surface area (Å²) in [5.74, 6) is -0.357. The van der Waals surface area contributed by atoms with Crippen molar-refractivity contribution < 1.29 is 22.7 Å². The first kappa shape index (κ1) is 24.2. The second kappa shape index (κ2) is 11.4. The van der Waals surface area contributed by atoms with Gasteiger partial charge in [-0.05, 0) is 58.7 Å². The number of amides is 2. The van der Waals surface area contributed by atoms with Gasteiger partial charge in [0.1, 0.15) is 0 Å². The summed E-state index contributed by atoms with van der Waals surface area (Å²) >= 11 is 0. The van der Waals surface area contributed by atoms with Crippen LogP contribution in [0, 0.1) is 5.92 Å². The van der Waals surface area contributed by atoms with Crippen molar-refractivity contribution >= 4 is 22.2 Å². The Hall–Kier alpha value is -1.43. The van der Waals surface area contributed by atoms with Gasteiger partial charge in [0.15, 0.2) is 0 Å². The van der Waals surface area contributed by atoms with Crippen LogP contribution < -0.4 is 5.32 Å². The van der Waals surface area contributed by atoms with Gasteiger partial charge < -0.3 is 19.9 Å². The van der Waals surface area contributed by atoms with Crippen LogP contribution in [0.25, 0.3) is 0 Å². The van der Waals surface area contributed by atoms with Crippen LogP contribution in [0.15, 0.2) is 0 Å². The van der Waals surface area contributed by atoms with Crippen LogP contribution >= 0.6 is 0 Å². The molecule has 0 aliphatic carbocycles. The minimum Gasteiger partial charge on any atom is -0.450 e. The van der Waals surface area contributed by atoms with Crippen molar-refractivity contribution in [3.05, 3.63) is 0 Å². The molecule has 3 fully saturated rings. The standard InChI is InChI=1S/C20H37N5O5S/c1-2-30-20(27)23-13-15-24(16-14-23)31(28,29)25-12-5-7-18(17-25)19(26)21-8-6-11-22-9-3-4-10-22/h18H,2-17H2,1H3,(H,21,26)/t18-/m0/s1. The van der Waals surface area contributed by atoms with E-state index in [0.29, 0.717) is 45.6 Å². The molecule has 0 aromatic heterocycles. The fourth-order valence-corrected chi connectivity index (χ4v) is 6.19. The third kappa shape index (κ3) is 6.53. The SMILES string of the molecule is CCOC(=O)N1CCN(S(=O)(=O)N2CCC[C@H](C(=O)NCCCN3CCCC3)C2)CC1. The largest absolute Gasteiger partial charge is 0.450 e. The van der Waals surface area contributed by atoms with Gasteiger partial charge in [0.2, 0.25) is 5.91 Å². The molecule has 0 bridgehead atoms. The van der Waals surface area contributed by atoms with Gasteiger partial charge in [0.25, 0.3) is 10.2 Å². The molecule has 31 heavy (non-hydrogen) atoms. The lowest BCUT2D eigenvalue weighted by molar-refractivity contribution is -0.126. The van der Waals surface area contributed by atoms with Gasteiger partial charge in [-0.2, -0.15) is 17.0 Å². The topological polar surface area (TPSA) is 102 Å². The number of hydrogen-bond acceptors (Lipinski definition) is 6. The zero-order valence-electron chi connectivity index (χ0n) is 18.6. The van der Waals surface area contributed by atoms with Crippen LogP contribution in [-0.4, -0.2) is 111 Å². The highest BCUT2D eigenvalue weighted by Gasteiger charge is 2.37. The number of carbonyl (C=O) groups is 2. The summed E-state index contributed by atoms with van der Waals surface area (Å²) in [6.07, 6.45) is 4.42. The van der Waals surface area contributed by atoms with Crippen molar-refractivity contribution in [3.8, 4) is 0 Å². The van der Waals surface area contributed by atoms with Crippen LogP contribution in [0.5, 0.6) is 0 Å². The molecular weight excluding hydrogens is 422 g/mol. The van der Waals surface area contributed by atoms with Crippen molar-refractivity contribution in [1.82, 2.24) is 23.7 Å². The molecule has 3 aliphatic rings. The summed E-state index contributed by atoms with van der Waals surface area (Å²) in [5, 5.41) is 3.00. The number of hydrogen-bond donors (Lipinski definition) is 1. The molecule has 1 atom stereocenters. The van der Waals surface area contributed by atoms with Gasteiger partial charge >= 0.3 is 6.09 Å². The molecule has 11 heteroatoms. The van der Waals surface area contributed by atoms with Gasteiger partial charge in [-0.15, -0.1) is 0 Å². The van der Waals surface area contributed by atoms with E-state index in [-0.39, 0.29) is 31.5 Å². The maximum Gasteiger partial charge on any atom is 0.409 e. The highest BCUT2D eigenvalue weighted by molar-refractivity contribution is 7.86. The number of likely N-dealkylation sites (tertiary alicyclic amines) is 1. The van der Waals surface area contributed by atoms with Gasteiger partial charge in [-0.25, -0.2) is 4.79 Å². The van der Waals surface area contributed by atoms with Crippen molar-refractivity contribution in [2.75, 3.05) is 72.1 Å². The lowest BCUT2D eigenvalue weighted by Crippen LogP contribution is -2.56. The quantitative estimate of drug-likeness (QED) is 0.525.